The summed E-state index contributed by atoms with van der Waals surface area (Å²) in [6.45, 7) is 0. The zero-order chi connectivity index (χ0) is 18.5. The minimum absolute atomic E-state index is 0.274. The van der Waals surface area contributed by atoms with E-state index in [0.29, 0.717) is 11.5 Å². The zero-order valence-electron chi connectivity index (χ0n) is 14.4. The van der Waals surface area contributed by atoms with Crippen molar-refractivity contribution in [1.82, 2.24) is 9.78 Å². The van der Waals surface area contributed by atoms with Crippen molar-refractivity contribution in [1.29, 1.82) is 0 Å². The van der Waals surface area contributed by atoms with E-state index in [1.165, 1.54) is 7.11 Å². The summed E-state index contributed by atoms with van der Waals surface area (Å²) in [5, 5.41) is 9.61. The number of nitrogens with one attached hydrogen (secondary N) is 2. The average Bonchev–Trinajstić information content (AvgIpc) is 3.02. The quantitative estimate of drug-likeness (QED) is 0.705. The maximum Gasteiger partial charge on any atom is 0.339 e. The van der Waals surface area contributed by atoms with Gasteiger partial charge >= 0.3 is 12.0 Å². The molecule has 0 radical (unpaired) electrons. The molecule has 1 aromatic heterocycles. The molecule has 2 N–H and O–H groups in total. The van der Waals surface area contributed by atoms with E-state index >= 15 is 0 Å². The first kappa shape index (κ1) is 17.2. The van der Waals surface area contributed by atoms with E-state index in [1.54, 1.807) is 42.1 Å². The lowest BCUT2D eigenvalue weighted by molar-refractivity contribution is 0.0602. The van der Waals surface area contributed by atoms with E-state index in [1.807, 2.05) is 30.3 Å². The van der Waals surface area contributed by atoms with Crippen LogP contribution in [0.25, 0.3) is 11.3 Å². The standard InChI is InChI=1S/C19H18N4O3/c1-23-16(13-8-4-3-5-9-13)12-17(22-23)21-19(25)20-15-11-7-6-10-14(15)18(24)26-2/h3-12H,1-2H3,(H2,20,21,22,25). The highest BCUT2D eigenvalue weighted by atomic mass is 16.5. The molecule has 1 heterocycles. The third kappa shape index (κ3) is 3.72. The molecule has 26 heavy (non-hydrogen) atoms. The van der Waals surface area contributed by atoms with E-state index in [0.717, 1.165) is 11.3 Å². The molecule has 3 rings (SSSR count). The van der Waals surface area contributed by atoms with Gasteiger partial charge < -0.3 is 10.1 Å². The fraction of sp³-hybridized carbons (Fsp3) is 0.105. The molecular formula is C19H18N4O3. The second-order valence-corrected chi connectivity index (χ2v) is 5.52. The Hall–Kier alpha value is -3.61. The molecule has 0 bridgehead atoms. The van der Waals surface area contributed by atoms with Gasteiger partial charge in [0.2, 0.25) is 0 Å². The number of para-hydroxylation sites is 1. The first-order valence-corrected chi connectivity index (χ1v) is 7.93. The Balaban J connectivity index is 1.75. The van der Waals surface area contributed by atoms with Crippen LogP contribution in [0.15, 0.2) is 60.7 Å². The summed E-state index contributed by atoms with van der Waals surface area (Å²) in [6.07, 6.45) is 0. The van der Waals surface area contributed by atoms with Crippen LogP contribution in [0.1, 0.15) is 10.4 Å². The van der Waals surface area contributed by atoms with Gasteiger partial charge in [-0.2, -0.15) is 5.10 Å². The molecule has 2 aromatic carbocycles. The number of rotatable bonds is 4. The third-order valence-electron chi connectivity index (χ3n) is 3.77. The number of methoxy groups -OCH3 is 1. The minimum atomic E-state index is -0.523. The van der Waals surface area contributed by atoms with Crippen molar-refractivity contribution < 1.29 is 14.3 Å². The van der Waals surface area contributed by atoms with Crippen LogP contribution >= 0.6 is 0 Å². The Morgan fingerprint density at radius 1 is 1.00 bits per heavy atom. The zero-order valence-corrected chi connectivity index (χ0v) is 14.4. The Bertz CT molecular complexity index is 935. The van der Waals surface area contributed by atoms with E-state index < -0.39 is 12.0 Å². The molecule has 0 atom stereocenters. The number of carbonyl (C=O) groups is 2. The van der Waals surface area contributed by atoms with E-state index in [4.69, 9.17) is 4.74 Å². The molecule has 0 aliphatic carbocycles. The predicted molar refractivity (Wildman–Crippen MR) is 99.1 cm³/mol. The fourth-order valence-electron chi connectivity index (χ4n) is 2.56. The van der Waals surface area contributed by atoms with Crippen molar-refractivity contribution in [3.8, 4) is 11.3 Å². The minimum Gasteiger partial charge on any atom is -0.465 e. The number of amides is 2. The van der Waals surface area contributed by atoms with Gasteiger partial charge in [-0.1, -0.05) is 42.5 Å². The van der Waals surface area contributed by atoms with Crippen LogP contribution in [-0.4, -0.2) is 28.9 Å². The number of nitrogens with zero attached hydrogens (tertiary/aromatic N) is 2. The Morgan fingerprint density at radius 2 is 1.69 bits per heavy atom. The Kier molecular flexibility index (Phi) is 4.98. The summed E-state index contributed by atoms with van der Waals surface area (Å²) in [7, 11) is 3.09. The van der Waals surface area contributed by atoms with Crippen LogP contribution in [0.5, 0.6) is 0 Å². The molecule has 0 saturated carbocycles. The van der Waals surface area contributed by atoms with E-state index in [9.17, 15) is 9.59 Å². The van der Waals surface area contributed by atoms with Crippen LogP contribution in [0, 0.1) is 0 Å². The van der Waals surface area contributed by atoms with Crippen LogP contribution in [0.3, 0.4) is 0 Å². The molecule has 0 spiro atoms. The van der Waals surface area contributed by atoms with Crippen molar-refractivity contribution in [2.45, 2.75) is 0 Å². The lowest BCUT2D eigenvalue weighted by Crippen LogP contribution is -2.21. The van der Waals surface area contributed by atoms with Crippen molar-refractivity contribution >= 4 is 23.5 Å². The monoisotopic (exact) mass is 350 g/mol. The van der Waals surface area contributed by atoms with Gasteiger partial charge in [0.15, 0.2) is 5.82 Å². The molecule has 7 nitrogen and oxygen atoms in total. The van der Waals surface area contributed by atoms with Gasteiger partial charge in [0.25, 0.3) is 0 Å². The highest BCUT2D eigenvalue weighted by molar-refractivity contribution is 6.04. The van der Waals surface area contributed by atoms with E-state index in [2.05, 4.69) is 15.7 Å². The molecular weight excluding hydrogens is 332 g/mol. The van der Waals surface area contributed by atoms with Crippen molar-refractivity contribution in [3.63, 3.8) is 0 Å². The van der Waals surface area contributed by atoms with Crippen molar-refractivity contribution in [3.05, 3.63) is 66.2 Å². The smallest absolute Gasteiger partial charge is 0.339 e. The summed E-state index contributed by atoms with van der Waals surface area (Å²) >= 11 is 0. The largest absolute Gasteiger partial charge is 0.465 e. The van der Waals surface area contributed by atoms with Crippen molar-refractivity contribution in [2.75, 3.05) is 17.7 Å². The topological polar surface area (TPSA) is 85.2 Å². The van der Waals surface area contributed by atoms with Gasteiger partial charge in [0.05, 0.1) is 24.1 Å². The van der Waals surface area contributed by atoms with E-state index in [-0.39, 0.29) is 5.56 Å². The average molecular weight is 350 g/mol. The summed E-state index contributed by atoms with van der Waals surface area (Å²) in [4.78, 5) is 24.0. The molecule has 0 aliphatic rings. The SMILES string of the molecule is COC(=O)c1ccccc1NC(=O)Nc1cc(-c2ccccc2)n(C)n1. The lowest BCUT2D eigenvalue weighted by atomic mass is 10.1. The predicted octanol–water partition coefficient (Wildman–Crippen LogP) is 3.52. The molecule has 2 amide bonds. The van der Waals surface area contributed by atoms with Crippen LogP contribution in [-0.2, 0) is 11.8 Å². The van der Waals surface area contributed by atoms with Gasteiger partial charge in [-0.15, -0.1) is 0 Å². The fourth-order valence-corrected chi connectivity index (χ4v) is 2.56. The number of ether oxygens (including phenoxy) is 1. The number of anilines is 2. The molecule has 7 heteroatoms. The van der Waals surface area contributed by atoms with Crippen LogP contribution in [0.4, 0.5) is 16.3 Å². The normalized spacial score (nSPS) is 10.2. The van der Waals surface area contributed by atoms with Crippen LogP contribution < -0.4 is 10.6 Å². The molecule has 0 saturated heterocycles. The summed E-state index contributed by atoms with van der Waals surface area (Å²) in [5.74, 6) is -0.121. The highest BCUT2D eigenvalue weighted by Gasteiger charge is 2.14. The Labute approximate surface area is 150 Å². The number of carbonyl (C=O) groups excluding carboxylic acids is 2. The number of urea groups is 1. The second kappa shape index (κ2) is 7.52. The van der Waals surface area contributed by atoms with Gasteiger partial charge in [0.1, 0.15) is 0 Å². The first-order valence-electron chi connectivity index (χ1n) is 7.93. The van der Waals surface area contributed by atoms with Gasteiger partial charge in [-0.25, -0.2) is 9.59 Å². The number of hydrogen-bond donors (Lipinski definition) is 2. The molecule has 0 aliphatic heterocycles. The summed E-state index contributed by atoms with van der Waals surface area (Å²) in [5.41, 5.74) is 2.50. The highest BCUT2D eigenvalue weighted by Crippen LogP contribution is 2.22. The number of aryl methyl sites for hydroxylation is 1. The summed E-state index contributed by atoms with van der Waals surface area (Å²) in [6, 6.07) is 17.6. The van der Waals surface area contributed by atoms with Gasteiger partial charge in [-0.05, 0) is 17.7 Å². The lowest BCUT2D eigenvalue weighted by Gasteiger charge is -2.09. The maximum atomic E-state index is 12.3. The maximum absolute atomic E-state index is 12.3. The van der Waals surface area contributed by atoms with Gasteiger partial charge in [0, 0.05) is 13.1 Å². The number of benzene rings is 2. The summed E-state index contributed by atoms with van der Waals surface area (Å²) < 4.78 is 6.41. The number of esters is 1. The first-order chi connectivity index (χ1) is 12.6. The molecule has 3 aromatic rings. The number of hydrogen-bond acceptors (Lipinski definition) is 4. The third-order valence-corrected chi connectivity index (χ3v) is 3.77. The van der Waals surface area contributed by atoms with Crippen LogP contribution in [0.2, 0.25) is 0 Å². The number of aromatic nitrogens is 2. The van der Waals surface area contributed by atoms with Gasteiger partial charge in [-0.3, -0.25) is 10.00 Å². The molecule has 132 valence electrons. The Morgan fingerprint density at radius 3 is 2.42 bits per heavy atom. The van der Waals surface area contributed by atoms with Crippen molar-refractivity contribution in [2.24, 2.45) is 7.05 Å². The molecule has 0 unspecified atom stereocenters. The second-order valence-electron chi connectivity index (χ2n) is 5.52. The molecule has 0 fully saturated rings.